The summed E-state index contributed by atoms with van der Waals surface area (Å²) in [5.74, 6) is -0.345. The Morgan fingerprint density at radius 1 is 1.32 bits per heavy atom. The Bertz CT molecular complexity index is 540. The van der Waals surface area contributed by atoms with E-state index in [-0.39, 0.29) is 5.97 Å². The Hall–Kier alpha value is -2.09. The Morgan fingerprint density at radius 2 is 2.00 bits per heavy atom. The van der Waals surface area contributed by atoms with Crippen molar-refractivity contribution in [3.8, 4) is 0 Å². The summed E-state index contributed by atoms with van der Waals surface area (Å²) < 4.78 is 5.55. The van der Waals surface area contributed by atoms with Gasteiger partial charge < -0.3 is 4.74 Å². The summed E-state index contributed by atoms with van der Waals surface area (Å²) in [6, 6.07) is 9.68. The van der Waals surface area contributed by atoms with Crippen LogP contribution in [0.5, 0.6) is 0 Å². The molecule has 0 saturated heterocycles. The fourth-order valence-electron chi connectivity index (χ4n) is 1.94. The van der Waals surface area contributed by atoms with E-state index in [9.17, 15) is 4.79 Å². The first-order valence-corrected chi connectivity index (χ1v) is 7.74. The highest BCUT2D eigenvalue weighted by Gasteiger charge is 2.23. The lowest BCUT2D eigenvalue weighted by Gasteiger charge is -2.25. The third kappa shape index (κ3) is 6.57. The summed E-state index contributed by atoms with van der Waals surface area (Å²) in [5, 5.41) is 0. The predicted molar refractivity (Wildman–Crippen MR) is 93.5 cm³/mol. The molecule has 22 heavy (non-hydrogen) atoms. The van der Waals surface area contributed by atoms with Crippen molar-refractivity contribution in [3.63, 3.8) is 0 Å². The van der Waals surface area contributed by atoms with Crippen LogP contribution in [0.4, 0.5) is 0 Å². The van der Waals surface area contributed by atoms with Gasteiger partial charge >= 0.3 is 5.97 Å². The van der Waals surface area contributed by atoms with Crippen LogP contribution in [0.2, 0.25) is 0 Å². The van der Waals surface area contributed by atoms with Gasteiger partial charge in [0.05, 0.1) is 0 Å². The molecule has 0 aliphatic rings. The van der Waals surface area contributed by atoms with E-state index in [4.69, 9.17) is 4.74 Å². The van der Waals surface area contributed by atoms with Gasteiger partial charge in [0.1, 0.15) is 5.60 Å². The molecule has 0 radical (unpaired) electrons. The zero-order valence-corrected chi connectivity index (χ0v) is 13.8. The largest absolute Gasteiger partial charge is 0.452 e. The lowest BCUT2D eigenvalue weighted by atomic mass is 9.99. The van der Waals surface area contributed by atoms with E-state index in [0.29, 0.717) is 0 Å². The maximum atomic E-state index is 12.0. The molecule has 0 spiro atoms. The van der Waals surface area contributed by atoms with Crippen LogP contribution in [-0.4, -0.2) is 11.6 Å². The van der Waals surface area contributed by atoms with Gasteiger partial charge in [-0.15, -0.1) is 0 Å². The summed E-state index contributed by atoms with van der Waals surface area (Å²) in [4.78, 5) is 12.0. The van der Waals surface area contributed by atoms with Crippen molar-refractivity contribution in [1.29, 1.82) is 0 Å². The minimum absolute atomic E-state index is 0.345. The lowest BCUT2D eigenvalue weighted by molar-refractivity contribution is -0.147. The van der Waals surface area contributed by atoms with Gasteiger partial charge in [-0.05, 0) is 50.8 Å². The maximum Gasteiger partial charge on any atom is 0.331 e. The van der Waals surface area contributed by atoms with Crippen LogP contribution in [0, 0.1) is 0 Å². The van der Waals surface area contributed by atoms with Gasteiger partial charge in [-0.3, -0.25) is 0 Å². The summed E-state index contributed by atoms with van der Waals surface area (Å²) in [6.45, 7) is 9.94. The minimum atomic E-state index is -0.636. The molecule has 0 bridgehead atoms. The first kappa shape index (κ1) is 18.0. The van der Waals surface area contributed by atoms with E-state index < -0.39 is 5.60 Å². The van der Waals surface area contributed by atoms with Gasteiger partial charge in [0.2, 0.25) is 0 Å². The molecule has 0 aromatic heterocycles. The van der Waals surface area contributed by atoms with Gasteiger partial charge in [-0.1, -0.05) is 55.5 Å². The third-order valence-electron chi connectivity index (χ3n) is 3.67. The second-order valence-electron chi connectivity index (χ2n) is 5.62. The molecule has 2 heteroatoms. The Kier molecular flexibility index (Phi) is 7.38. The fraction of sp³-hybridized carbons (Fsp3) is 0.350. The molecule has 0 saturated carbocycles. The number of rotatable bonds is 8. The normalized spacial score (nSPS) is 14.6. The second kappa shape index (κ2) is 9.04. The van der Waals surface area contributed by atoms with Crippen LogP contribution in [0.25, 0.3) is 6.08 Å². The summed E-state index contributed by atoms with van der Waals surface area (Å²) >= 11 is 0. The Balaban J connectivity index is 2.58. The van der Waals surface area contributed by atoms with Crippen molar-refractivity contribution in [2.75, 3.05) is 0 Å². The van der Waals surface area contributed by atoms with Crippen LogP contribution >= 0.6 is 0 Å². The molecule has 0 N–H and O–H groups in total. The summed E-state index contributed by atoms with van der Waals surface area (Å²) in [6.07, 6.45) is 9.77. The highest BCUT2D eigenvalue weighted by atomic mass is 16.6. The third-order valence-corrected chi connectivity index (χ3v) is 3.67. The van der Waals surface area contributed by atoms with Crippen molar-refractivity contribution >= 4 is 12.0 Å². The fourth-order valence-corrected chi connectivity index (χ4v) is 1.94. The van der Waals surface area contributed by atoms with Crippen molar-refractivity contribution in [2.24, 2.45) is 0 Å². The zero-order valence-electron chi connectivity index (χ0n) is 13.8. The average molecular weight is 298 g/mol. The molecule has 1 unspecified atom stereocenters. The van der Waals surface area contributed by atoms with Crippen LogP contribution in [0.3, 0.4) is 0 Å². The topological polar surface area (TPSA) is 26.3 Å². The van der Waals surface area contributed by atoms with Crippen molar-refractivity contribution in [3.05, 3.63) is 66.3 Å². The molecule has 1 aromatic carbocycles. The van der Waals surface area contributed by atoms with E-state index in [0.717, 1.165) is 24.8 Å². The highest BCUT2D eigenvalue weighted by Crippen LogP contribution is 2.21. The smallest absolute Gasteiger partial charge is 0.331 e. The first-order chi connectivity index (χ1) is 10.5. The summed E-state index contributed by atoms with van der Waals surface area (Å²) in [7, 11) is 0. The molecule has 0 fully saturated rings. The molecule has 0 heterocycles. The number of ether oxygens (including phenoxy) is 1. The number of esters is 1. The molecule has 0 aliphatic carbocycles. The van der Waals surface area contributed by atoms with E-state index in [2.05, 4.69) is 26.5 Å². The molecule has 1 atom stereocenters. The molecule has 118 valence electrons. The first-order valence-electron chi connectivity index (χ1n) is 7.74. The van der Waals surface area contributed by atoms with Crippen LogP contribution in [0.1, 0.15) is 45.6 Å². The van der Waals surface area contributed by atoms with E-state index in [1.165, 1.54) is 11.6 Å². The number of hydrogen-bond acceptors (Lipinski definition) is 2. The molecule has 2 nitrogen and oxygen atoms in total. The lowest BCUT2D eigenvalue weighted by Crippen LogP contribution is -2.28. The van der Waals surface area contributed by atoms with Crippen LogP contribution in [-0.2, 0) is 9.53 Å². The van der Waals surface area contributed by atoms with E-state index >= 15 is 0 Å². The van der Waals surface area contributed by atoms with Crippen molar-refractivity contribution < 1.29 is 9.53 Å². The minimum Gasteiger partial charge on any atom is -0.452 e. The van der Waals surface area contributed by atoms with Gasteiger partial charge in [-0.2, -0.15) is 0 Å². The zero-order chi connectivity index (χ0) is 16.4. The maximum absolute atomic E-state index is 12.0. The monoisotopic (exact) mass is 298 g/mol. The Labute approximate surface area is 134 Å². The van der Waals surface area contributed by atoms with E-state index in [1.54, 1.807) is 12.2 Å². The number of benzene rings is 1. The van der Waals surface area contributed by atoms with Crippen molar-refractivity contribution in [2.45, 2.75) is 45.6 Å². The molecule has 1 aromatic rings. The quantitative estimate of drug-likeness (QED) is 0.368. The van der Waals surface area contributed by atoms with Crippen molar-refractivity contribution in [1.82, 2.24) is 0 Å². The molecular formula is C20H26O2. The summed E-state index contributed by atoms with van der Waals surface area (Å²) in [5.41, 5.74) is 1.69. The standard InChI is InChI=1S/C20H26O2/c1-5-17(3)11-10-16-20(4,6-2)22-19(21)15-14-18-12-8-7-9-13-18/h6-9,11-15H,2,5,10,16H2,1,3-4H3/b15-14-,17-11-. The van der Waals surface area contributed by atoms with Gasteiger partial charge in [0.25, 0.3) is 0 Å². The van der Waals surface area contributed by atoms with Gasteiger partial charge in [0, 0.05) is 6.08 Å². The second-order valence-corrected chi connectivity index (χ2v) is 5.62. The molecular weight excluding hydrogens is 272 g/mol. The predicted octanol–water partition coefficient (Wildman–Crippen LogP) is 5.32. The average Bonchev–Trinajstić information content (AvgIpc) is 2.53. The molecule has 0 amide bonds. The number of allylic oxidation sites excluding steroid dienone is 2. The number of carbonyl (C=O) groups excluding carboxylic acids is 1. The van der Waals surface area contributed by atoms with Crippen LogP contribution < -0.4 is 0 Å². The van der Waals surface area contributed by atoms with E-state index in [1.807, 2.05) is 37.3 Å². The highest BCUT2D eigenvalue weighted by molar-refractivity contribution is 5.87. The SMILES string of the molecule is C=CC(C)(CC/C=C(/C)CC)OC(=O)/C=C\c1ccccc1. The number of hydrogen-bond donors (Lipinski definition) is 0. The molecule has 0 aliphatic heterocycles. The molecule has 1 rings (SSSR count). The number of carbonyl (C=O) groups is 1. The Morgan fingerprint density at radius 3 is 2.59 bits per heavy atom. The van der Waals surface area contributed by atoms with Gasteiger partial charge in [0.15, 0.2) is 0 Å². The van der Waals surface area contributed by atoms with Crippen LogP contribution in [0.15, 0.2) is 60.7 Å². The van der Waals surface area contributed by atoms with Gasteiger partial charge in [-0.25, -0.2) is 4.79 Å².